The van der Waals surface area contributed by atoms with Crippen molar-refractivity contribution in [2.24, 2.45) is 35.5 Å². The van der Waals surface area contributed by atoms with Gasteiger partial charge in [-0.2, -0.15) is 0 Å². The first-order chi connectivity index (χ1) is 7.34. The lowest BCUT2D eigenvalue weighted by molar-refractivity contribution is -0.121. The molecule has 1 nitrogen and oxygen atoms in total. The number of carbonyl (C=O) groups is 1. The highest BCUT2D eigenvalue weighted by molar-refractivity contribution is 5.84. The van der Waals surface area contributed by atoms with Crippen molar-refractivity contribution >= 4 is 5.78 Å². The molecular weight excluding hydrogens is 184 g/mol. The average Bonchev–Trinajstić information content (AvgIpc) is 3.14. The van der Waals surface area contributed by atoms with Crippen LogP contribution in [0, 0.1) is 35.5 Å². The van der Waals surface area contributed by atoms with E-state index < -0.39 is 0 Å². The van der Waals surface area contributed by atoms with Crippen molar-refractivity contribution in [3.63, 3.8) is 0 Å². The molecule has 4 rings (SSSR count). The minimum atomic E-state index is 0.551. The topological polar surface area (TPSA) is 17.1 Å². The van der Waals surface area contributed by atoms with Crippen molar-refractivity contribution in [2.75, 3.05) is 0 Å². The van der Waals surface area contributed by atoms with E-state index in [9.17, 15) is 4.79 Å². The fourth-order valence-corrected chi connectivity index (χ4v) is 4.67. The molecule has 0 spiro atoms. The van der Waals surface area contributed by atoms with Crippen molar-refractivity contribution in [3.05, 3.63) is 0 Å². The number of Topliss-reactive ketones (excluding diaryl/α,β-unsaturated/α-hetero) is 1. The molecule has 4 saturated carbocycles. The number of rotatable bonds is 4. The van der Waals surface area contributed by atoms with E-state index >= 15 is 0 Å². The molecule has 0 heterocycles. The number of hydrogen-bond donors (Lipinski definition) is 0. The van der Waals surface area contributed by atoms with E-state index in [1.54, 1.807) is 0 Å². The SMILES string of the molecule is O=C(CCC1CC1)C1C2C3CCC(C3)C12. The molecule has 0 aromatic heterocycles. The van der Waals surface area contributed by atoms with E-state index in [1.165, 1.54) is 38.5 Å². The van der Waals surface area contributed by atoms with Gasteiger partial charge in [-0.3, -0.25) is 4.79 Å². The van der Waals surface area contributed by atoms with Gasteiger partial charge in [0.2, 0.25) is 0 Å². The minimum Gasteiger partial charge on any atom is -0.299 e. The zero-order valence-corrected chi connectivity index (χ0v) is 9.32. The molecule has 4 atom stereocenters. The van der Waals surface area contributed by atoms with Crippen LogP contribution in [0.2, 0.25) is 0 Å². The van der Waals surface area contributed by atoms with Gasteiger partial charge in [0, 0.05) is 12.3 Å². The van der Waals surface area contributed by atoms with Crippen LogP contribution in [0.3, 0.4) is 0 Å². The normalized spacial score (nSPS) is 50.5. The van der Waals surface area contributed by atoms with Crippen molar-refractivity contribution in [1.29, 1.82) is 0 Å². The summed E-state index contributed by atoms with van der Waals surface area (Å²) in [5.41, 5.74) is 0. The summed E-state index contributed by atoms with van der Waals surface area (Å²) in [4.78, 5) is 12.1. The quantitative estimate of drug-likeness (QED) is 0.688. The highest BCUT2D eigenvalue weighted by Gasteiger charge is 2.66. The third-order valence-electron chi connectivity index (χ3n) is 5.60. The van der Waals surface area contributed by atoms with Gasteiger partial charge in [0.05, 0.1) is 0 Å². The molecule has 82 valence electrons. The number of fused-ring (bicyclic) bond motifs is 5. The Labute approximate surface area is 91.6 Å². The summed E-state index contributed by atoms with van der Waals surface area (Å²) in [6.07, 6.45) is 9.29. The molecule has 4 aliphatic carbocycles. The lowest BCUT2D eigenvalue weighted by atomic mass is 9.97. The van der Waals surface area contributed by atoms with E-state index in [2.05, 4.69) is 0 Å². The van der Waals surface area contributed by atoms with Crippen LogP contribution in [0.25, 0.3) is 0 Å². The van der Waals surface area contributed by atoms with Crippen LogP contribution >= 0.6 is 0 Å². The summed E-state index contributed by atoms with van der Waals surface area (Å²) in [6.45, 7) is 0. The Balaban J connectivity index is 1.37. The molecule has 0 radical (unpaired) electrons. The van der Waals surface area contributed by atoms with Gasteiger partial charge in [-0.05, 0) is 55.3 Å². The maximum absolute atomic E-state index is 12.1. The second kappa shape index (κ2) is 2.87. The van der Waals surface area contributed by atoms with Crippen LogP contribution in [-0.4, -0.2) is 5.78 Å². The Hall–Kier alpha value is -0.330. The Morgan fingerprint density at radius 2 is 1.67 bits per heavy atom. The first-order valence-corrected chi connectivity index (χ1v) is 6.87. The molecule has 15 heavy (non-hydrogen) atoms. The van der Waals surface area contributed by atoms with E-state index in [-0.39, 0.29) is 0 Å². The van der Waals surface area contributed by atoms with E-state index in [0.29, 0.717) is 11.7 Å². The van der Waals surface area contributed by atoms with Crippen LogP contribution in [0.4, 0.5) is 0 Å². The van der Waals surface area contributed by atoms with Gasteiger partial charge in [0.1, 0.15) is 5.78 Å². The molecule has 2 bridgehead atoms. The summed E-state index contributed by atoms with van der Waals surface area (Å²) in [7, 11) is 0. The van der Waals surface area contributed by atoms with Gasteiger partial charge >= 0.3 is 0 Å². The maximum Gasteiger partial charge on any atom is 0.136 e. The first-order valence-electron chi connectivity index (χ1n) is 6.87. The van der Waals surface area contributed by atoms with Gasteiger partial charge < -0.3 is 0 Å². The third kappa shape index (κ3) is 1.24. The standard InChI is InChI=1S/C14H20O/c15-11(6-3-8-1-2-8)14-12-9-4-5-10(7-9)13(12)14/h8-10,12-14H,1-7H2. The second-order valence-electron chi connectivity index (χ2n) is 6.46. The molecule has 4 fully saturated rings. The molecule has 4 aliphatic rings. The fourth-order valence-electron chi connectivity index (χ4n) is 4.67. The highest BCUT2D eigenvalue weighted by atomic mass is 16.1. The van der Waals surface area contributed by atoms with Gasteiger partial charge in [-0.15, -0.1) is 0 Å². The zero-order valence-electron chi connectivity index (χ0n) is 9.32. The van der Waals surface area contributed by atoms with Crippen LogP contribution in [0.5, 0.6) is 0 Å². The summed E-state index contributed by atoms with van der Waals surface area (Å²) in [5.74, 6) is 5.81. The van der Waals surface area contributed by atoms with Crippen LogP contribution in [0.1, 0.15) is 44.9 Å². The molecule has 0 N–H and O–H groups in total. The Bertz CT molecular complexity index is 288. The molecule has 0 amide bonds. The molecule has 1 heteroatoms. The number of hydrogen-bond acceptors (Lipinski definition) is 1. The molecule has 0 aliphatic heterocycles. The Morgan fingerprint density at radius 3 is 2.27 bits per heavy atom. The Morgan fingerprint density at radius 1 is 1.00 bits per heavy atom. The molecule has 0 aromatic rings. The van der Waals surface area contributed by atoms with Crippen molar-refractivity contribution < 1.29 is 4.79 Å². The monoisotopic (exact) mass is 204 g/mol. The first kappa shape index (κ1) is 8.78. The van der Waals surface area contributed by atoms with E-state index in [0.717, 1.165) is 36.0 Å². The fraction of sp³-hybridized carbons (Fsp3) is 0.929. The summed E-state index contributed by atoms with van der Waals surface area (Å²) in [5, 5.41) is 0. The van der Waals surface area contributed by atoms with Gasteiger partial charge in [-0.1, -0.05) is 12.8 Å². The van der Waals surface area contributed by atoms with Crippen LogP contribution in [-0.2, 0) is 4.79 Å². The largest absolute Gasteiger partial charge is 0.299 e. The van der Waals surface area contributed by atoms with Gasteiger partial charge in [0.15, 0.2) is 0 Å². The molecule has 0 saturated heterocycles. The lowest BCUT2D eigenvalue weighted by Crippen LogP contribution is -2.09. The summed E-state index contributed by atoms with van der Waals surface area (Å²) in [6, 6.07) is 0. The molecular formula is C14H20O. The average molecular weight is 204 g/mol. The zero-order chi connectivity index (χ0) is 9.99. The van der Waals surface area contributed by atoms with Crippen molar-refractivity contribution in [3.8, 4) is 0 Å². The highest BCUT2D eigenvalue weighted by Crippen LogP contribution is 2.69. The van der Waals surface area contributed by atoms with Crippen LogP contribution in [0.15, 0.2) is 0 Å². The van der Waals surface area contributed by atoms with E-state index in [1.807, 2.05) is 0 Å². The van der Waals surface area contributed by atoms with Crippen molar-refractivity contribution in [1.82, 2.24) is 0 Å². The van der Waals surface area contributed by atoms with Crippen LogP contribution < -0.4 is 0 Å². The second-order valence-corrected chi connectivity index (χ2v) is 6.46. The predicted octanol–water partition coefficient (Wildman–Crippen LogP) is 3.04. The summed E-state index contributed by atoms with van der Waals surface area (Å²) >= 11 is 0. The van der Waals surface area contributed by atoms with Crippen molar-refractivity contribution in [2.45, 2.75) is 44.9 Å². The molecule has 4 unspecified atom stereocenters. The maximum atomic E-state index is 12.1. The Kier molecular flexibility index (Phi) is 1.68. The summed E-state index contributed by atoms with van der Waals surface area (Å²) < 4.78 is 0. The number of carbonyl (C=O) groups excluding carboxylic acids is 1. The smallest absolute Gasteiger partial charge is 0.136 e. The van der Waals surface area contributed by atoms with Gasteiger partial charge in [0.25, 0.3) is 0 Å². The number of ketones is 1. The van der Waals surface area contributed by atoms with E-state index in [4.69, 9.17) is 0 Å². The molecule has 0 aromatic carbocycles. The predicted molar refractivity (Wildman–Crippen MR) is 58.3 cm³/mol. The minimum absolute atomic E-state index is 0.551. The van der Waals surface area contributed by atoms with Gasteiger partial charge in [-0.25, -0.2) is 0 Å². The lowest BCUT2D eigenvalue weighted by Gasteiger charge is -2.07. The third-order valence-corrected chi connectivity index (χ3v) is 5.60.